The Kier molecular flexibility index (Phi) is 4.71. The maximum Gasteiger partial charge on any atom is 0.325 e. The number of rotatable bonds is 7. The largest absolute Gasteiger partial charge is 0.480 e. The molecule has 7 nitrogen and oxygen atoms in total. The van der Waals surface area contributed by atoms with Crippen LogP contribution in [0.15, 0.2) is 47.6 Å². The van der Waals surface area contributed by atoms with Crippen molar-refractivity contribution in [2.24, 2.45) is 0 Å². The number of aliphatic carboxylic acids is 1. The number of sulfonamides is 1. The van der Waals surface area contributed by atoms with Gasteiger partial charge in [-0.2, -0.15) is 5.10 Å². The van der Waals surface area contributed by atoms with Crippen molar-refractivity contribution >= 4 is 16.0 Å². The number of nitrogens with one attached hydrogen (secondary N) is 1. The lowest BCUT2D eigenvalue weighted by Gasteiger charge is -2.04. The van der Waals surface area contributed by atoms with Crippen LogP contribution in [0.25, 0.3) is 0 Å². The highest BCUT2D eigenvalue weighted by Crippen LogP contribution is 2.07. The first-order valence-electron chi connectivity index (χ1n) is 6.25. The van der Waals surface area contributed by atoms with Crippen molar-refractivity contribution in [1.82, 2.24) is 14.5 Å². The Labute approximate surface area is 122 Å². The molecule has 112 valence electrons. The molecule has 0 fully saturated rings. The minimum absolute atomic E-state index is 0.0446. The SMILES string of the molecule is O=C(O)Cn1cc(S(=O)(=O)NCCc2ccccc2)cn1. The molecule has 0 spiro atoms. The van der Waals surface area contributed by atoms with Gasteiger partial charge in [-0.15, -0.1) is 0 Å². The zero-order valence-corrected chi connectivity index (χ0v) is 12.0. The summed E-state index contributed by atoms with van der Waals surface area (Å²) < 4.78 is 27.5. The highest BCUT2D eigenvalue weighted by Gasteiger charge is 2.16. The van der Waals surface area contributed by atoms with Crippen molar-refractivity contribution in [3.63, 3.8) is 0 Å². The molecule has 0 radical (unpaired) electrons. The van der Waals surface area contributed by atoms with Crippen LogP contribution < -0.4 is 4.72 Å². The van der Waals surface area contributed by atoms with Gasteiger partial charge in [0.25, 0.3) is 0 Å². The first-order chi connectivity index (χ1) is 9.97. The maximum atomic E-state index is 12.0. The summed E-state index contributed by atoms with van der Waals surface area (Å²) in [5.74, 6) is -1.08. The molecule has 21 heavy (non-hydrogen) atoms. The normalized spacial score (nSPS) is 11.4. The van der Waals surface area contributed by atoms with E-state index >= 15 is 0 Å². The van der Waals surface area contributed by atoms with E-state index in [4.69, 9.17) is 5.11 Å². The molecule has 0 aliphatic heterocycles. The summed E-state index contributed by atoms with van der Waals surface area (Å²) in [6.07, 6.45) is 2.90. The Bertz CT molecular complexity index is 710. The van der Waals surface area contributed by atoms with E-state index in [0.717, 1.165) is 16.4 Å². The van der Waals surface area contributed by atoms with Gasteiger partial charge in [0.05, 0.1) is 6.20 Å². The molecule has 0 aliphatic carbocycles. The summed E-state index contributed by atoms with van der Waals surface area (Å²) in [6.45, 7) is -0.115. The Morgan fingerprint density at radius 3 is 2.67 bits per heavy atom. The summed E-state index contributed by atoms with van der Waals surface area (Å²) in [4.78, 5) is 10.5. The monoisotopic (exact) mass is 309 g/mol. The van der Waals surface area contributed by atoms with Crippen LogP contribution in [0, 0.1) is 0 Å². The molecule has 1 aromatic heterocycles. The van der Waals surface area contributed by atoms with Crippen LogP contribution in [0.1, 0.15) is 5.56 Å². The molecule has 1 aromatic carbocycles. The van der Waals surface area contributed by atoms with Crippen molar-refractivity contribution in [2.75, 3.05) is 6.54 Å². The van der Waals surface area contributed by atoms with E-state index in [1.54, 1.807) is 0 Å². The topological polar surface area (TPSA) is 101 Å². The summed E-state index contributed by atoms with van der Waals surface area (Å²) in [6, 6.07) is 9.50. The summed E-state index contributed by atoms with van der Waals surface area (Å²) in [5.41, 5.74) is 1.03. The standard InChI is InChI=1S/C13H15N3O4S/c17-13(18)10-16-9-12(8-14-16)21(19,20)15-7-6-11-4-2-1-3-5-11/h1-5,8-9,15H,6-7,10H2,(H,17,18). The predicted octanol–water partition coefficient (Wildman–Crippen LogP) is 0.489. The minimum atomic E-state index is -3.67. The molecule has 1 heterocycles. The Hall–Kier alpha value is -2.19. The third-order valence-corrected chi connectivity index (χ3v) is 4.18. The van der Waals surface area contributed by atoms with Crippen LogP contribution in [0.2, 0.25) is 0 Å². The van der Waals surface area contributed by atoms with Crippen LogP contribution in [0.5, 0.6) is 0 Å². The van der Waals surface area contributed by atoms with E-state index in [1.165, 1.54) is 6.20 Å². The quantitative estimate of drug-likeness (QED) is 0.775. The van der Waals surface area contributed by atoms with E-state index in [2.05, 4.69) is 9.82 Å². The number of benzene rings is 1. The second kappa shape index (κ2) is 6.51. The lowest BCUT2D eigenvalue weighted by atomic mass is 10.2. The highest BCUT2D eigenvalue weighted by molar-refractivity contribution is 7.89. The Balaban J connectivity index is 1.95. The molecule has 2 rings (SSSR count). The molecule has 0 unspecified atom stereocenters. The van der Waals surface area contributed by atoms with Gasteiger partial charge in [-0.3, -0.25) is 9.48 Å². The number of nitrogens with zero attached hydrogens (tertiary/aromatic N) is 2. The summed E-state index contributed by atoms with van der Waals surface area (Å²) in [7, 11) is -3.67. The summed E-state index contributed by atoms with van der Waals surface area (Å²) >= 11 is 0. The number of aromatic nitrogens is 2. The molecule has 0 saturated heterocycles. The predicted molar refractivity (Wildman–Crippen MR) is 75.2 cm³/mol. The van der Waals surface area contributed by atoms with E-state index < -0.39 is 16.0 Å². The second-order valence-corrected chi connectivity index (χ2v) is 6.17. The zero-order valence-electron chi connectivity index (χ0n) is 11.1. The third kappa shape index (κ3) is 4.40. The van der Waals surface area contributed by atoms with Crippen LogP contribution in [0.3, 0.4) is 0 Å². The van der Waals surface area contributed by atoms with Crippen molar-refractivity contribution in [3.8, 4) is 0 Å². The zero-order chi connectivity index (χ0) is 15.3. The van der Waals surface area contributed by atoms with E-state index in [-0.39, 0.29) is 18.0 Å². The smallest absolute Gasteiger partial charge is 0.325 e. The lowest BCUT2D eigenvalue weighted by molar-refractivity contribution is -0.137. The van der Waals surface area contributed by atoms with Crippen LogP contribution >= 0.6 is 0 Å². The molecular formula is C13H15N3O4S. The number of carbonyl (C=O) groups is 1. The molecule has 0 bridgehead atoms. The molecule has 8 heteroatoms. The van der Waals surface area contributed by atoms with Gasteiger partial charge in [0.1, 0.15) is 11.4 Å². The average Bonchev–Trinajstić information content (AvgIpc) is 2.88. The molecule has 0 aliphatic rings. The van der Waals surface area contributed by atoms with Crippen LogP contribution in [0.4, 0.5) is 0 Å². The lowest BCUT2D eigenvalue weighted by Crippen LogP contribution is -2.25. The maximum absolute atomic E-state index is 12.0. The summed E-state index contributed by atoms with van der Waals surface area (Å²) in [5, 5.41) is 12.3. The first kappa shape index (κ1) is 15.2. The van der Waals surface area contributed by atoms with Crippen molar-refractivity contribution < 1.29 is 18.3 Å². The first-order valence-corrected chi connectivity index (χ1v) is 7.73. The minimum Gasteiger partial charge on any atom is -0.480 e. The number of hydrogen-bond acceptors (Lipinski definition) is 4. The van der Waals surface area contributed by atoms with Gasteiger partial charge in [-0.05, 0) is 12.0 Å². The molecule has 0 atom stereocenters. The van der Waals surface area contributed by atoms with Gasteiger partial charge in [0, 0.05) is 12.7 Å². The van der Waals surface area contributed by atoms with Gasteiger partial charge in [-0.1, -0.05) is 30.3 Å². The van der Waals surface area contributed by atoms with E-state index in [0.29, 0.717) is 6.42 Å². The third-order valence-electron chi connectivity index (χ3n) is 2.77. The molecule has 2 aromatic rings. The molecule has 0 saturated carbocycles. The average molecular weight is 309 g/mol. The van der Waals surface area contributed by atoms with Crippen LogP contribution in [-0.4, -0.2) is 35.8 Å². The molecule has 0 amide bonds. The fourth-order valence-electron chi connectivity index (χ4n) is 1.77. The van der Waals surface area contributed by atoms with Crippen molar-refractivity contribution in [3.05, 3.63) is 48.3 Å². The van der Waals surface area contributed by atoms with Gasteiger partial charge in [-0.25, -0.2) is 13.1 Å². The van der Waals surface area contributed by atoms with Gasteiger partial charge >= 0.3 is 5.97 Å². The second-order valence-electron chi connectivity index (χ2n) is 4.40. The number of carboxylic acid groups (broad SMARTS) is 1. The highest BCUT2D eigenvalue weighted by atomic mass is 32.2. The molecule has 2 N–H and O–H groups in total. The number of hydrogen-bond donors (Lipinski definition) is 2. The van der Waals surface area contributed by atoms with Gasteiger partial charge in [0.15, 0.2) is 0 Å². The fourth-order valence-corrected chi connectivity index (χ4v) is 2.75. The van der Waals surface area contributed by atoms with E-state index in [1.807, 2.05) is 30.3 Å². The Morgan fingerprint density at radius 1 is 1.29 bits per heavy atom. The van der Waals surface area contributed by atoms with Crippen molar-refractivity contribution in [2.45, 2.75) is 17.9 Å². The van der Waals surface area contributed by atoms with Gasteiger partial charge < -0.3 is 5.11 Å². The number of carboxylic acids is 1. The Morgan fingerprint density at radius 2 is 2.00 bits per heavy atom. The molecular weight excluding hydrogens is 294 g/mol. The fraction of sp³-hybridized carbons (Fsp3) is 0.231. The van der Waals surface area contributed by atoms with Gasteiger partial charge in [0.2, 0.25) is 10.0 Å². The van der Waals surface area contributed by atoms with Crippen LogP contribution in [-0.2, 0) is 27.8 Å². The van der Waals surface area contributed by atoms with Crippen molar-refractivity contribution in [1.29, 1.82) is 0 Å². The van der Waals surface area contributed by atoms with E-state index in [9.17, 15) is 13.2 Å².